The van der Waals surface area contributed by atoms with Crippen LogP contribution < -0.4 is 5.56 Å². The molecule has 1 aliphatic rings. The molecule has 0 unspecified atom stereocenters. The van der Waals surface area contributed by atoms with E-state index >= 15 is 0 Å². The van der Waals surface area contributed by atoms with Crippen LogP contribution in [0.4, 0.5) is 0 Å². The summed E-state index contributed by atoms with van der Waals surface area (Å²) in [4.78, 5) is 41.6. The van der Waals surface area contributed by atoms with Crippen LogP contribution in [0.2, 0.25) is 0 Å². The Labute approximate surface area is 184 Å². The maximum absolute atomic E-state index is 13.2. The molecular formula is C23H25N5O2S. The van der Waals surface area contributed by atoms with Gasteiger partial charge in [0.05, 0.1) is 5.56 Å². The zero-order valence-corrected chi connectivity index (χ0v) is 18.5. The first-order valence-electron chi connectivity index (χ1n) is 10.3. The number of allylic oxidation sites excluding steroid dienone is 1. The Hall–Kier alpha value is -3.10. The van der Waals surface area contributed by atoms with E-state index in [1.807, 2.05) is 30.0 Å². The number of rotatable bonds is 5. The van der Waals surface area contributed by atoms with Crippen molar-refractivity contribution in [1.29, 1.82) is 0 Å². The monoisotopic (exact) mass is 435 g/mol. The molecule has 4 rings (SSSR count). The van der Waals surface area contributed by atoms with E-state index in [9.17, 15) is 9.59 Å². The summed E-state index contributed by atoms with van der Waals surface area (Å²) in [6.07, 6.45) is 3.43. The van der Waals surface area contributed by atoms with Crippen LogP contribution in [0.25, 0.3) is 15.9 Å². The van der Waals surface area contributed by atoms with Crippen molar-refractivity contribution >= 4 is 39.4 Å². The van der Waals surface area contributed by atoms with E-state index in [0.717, 1.165) is 19.6 Å². The molecule has 1 aromatic carbocycles. The molecule has 160 valence electrons. The minimum absolute atomic E-state index is 0.0734. The smallest absolute Gasteiger partial charge is 0.269 e. The number of hydrogen-bond donors (Lipinski definition) is 1. The maximum Gasteiger partial charge on any atom is 0.269 e. The number of amides is 1. The summed E-state index contributed by atoms with van der Waals surface area (Å²) in [7, 11) is 0. The van der Waals surface area contributed by atoms with Crippen molar-refractivity contribution in [3.8, 4) is 0 Å². The number of aromatic amines is 1. The number of nitrogens with zero attached hydrogens (tertiary/aromatic N) is 4. The number of aromatic nitrogens is 2. The molecular weight excluding hydrogens is 410 g/mol. The summed E-state index contributed by atoms with van der Waals surface area (Å²) in [5.41, 5.74) is 2.53. The lowest BCUT2D eigenvalue weighted by Gasteiger charge is -2.34. The Morgan fingerprint density at radius 3 is 2.61 bits per heavy atom. The van der Waals surface area contributed by atoms with Crippen LogP contribution in [0.15, 0.2) is 51.6 Å². The number of H-pyrrole nitrogens is 1. The van der Waals surface area contributed by atoms with Gasteiger partial charge in [-0.1, -0.05) is 36.4 Å². The van der Waals surface area contributed by atoms with Crippen LogP contribution in [0, 0.1) is 0 Å². The van der Waals surface area contributed by atoms with E-state index in [4.69, 9.17) is 0 Å². The first kappa shape index (κ1) is 21.1. The van der Waals surface area contributed by atoms with Crippen LogP contribution in [0.5, 0.6) is 0 Å². The van der Waals surface area contributed by atoms with Crippen molar-refractivity contribution in [2.75, 3.05) is 26.2 Å². The second kappa shape index (κ2) is 9.36. The number of carbonyl (C=O) groups excluding carboxylic acids is 1. The highest BCUT2D eigenvalue weighted by atomic mass is 32.1. The molecule has 0 radical (unpaired) electrons. The SMILES string of the molecule is CC=N/C(=C\C)c1nc2c(C(=O)N3CCN(Cc4ccccc4)CC3)csc2c(=O)[nH]1. The molecule has 8 heteroatoms. The predicted octanol–water partition coefficient (Wildman–Crippen LogP) is 3.39. The lowest BCUT2D eigenvalue weighted by molar-refractivity contribution is 0.0630. The second-order valence-corrected chi connectivity index (χ2v) is 8.24. The zero-order chi connectivity index (χ0) is 21.8. The summed E-state index contributed by atoms with van der Waals surface area (Å²) in [5.74, 6) is 0.300. The number of aliphatic imine (C=N–C) groups is 1. The van der Waals surface area contributed by atoms with Gasteiger partial charge in [-0.25, -0.2) is 4.98 Å². The van der Waals surface area contributed by atoms with Crippen molar-refractivity contribution < 1.29 is 4.79 Å². The topological polar surface area (TPSA) is 81.7 Å². The van der Waals surface area contributed by atoms with Gasteiger partial charge in [0, 0.05) is 44.3 Å². The normalized spacial score (nSPS) is 15.8. The Bertz CT molecular complexity index is 1190. The zero-order valence-electron chi connectivity index (χ0n) is 17.7. The molecule has 2 aromatic heterocycles. The molecule has 0 saturated carbocycles. The summed E-state index contributed by atoms with van der Waals surface area (Å²) in [5, 5.41) is 1.74. The molecule has 31 heavy (non-hydrogen) atoms. The van der Waals surface area contributed by atoms with Gasteiger partial charge < -0.3 is 9.88 Å². The quantitative estimate of drug-likeness (QED) is 0.623. The number of fused-ring (bicyclic) bond motifs is 1. The Kier molecular flexibility index (Phi) is 6.39. The van der Waals surface area contributed by atoms with E-state index in [1.165, 1.54) is 16.9 Å². The van der Waals surface area contributed by atoms with Gasteiger partial charge in [-0.2, -0.15) is 0 Å². The van der Waals surface area contributed by atoms with Crippen molar-refractivity contribution in [3.05, 3.63) is 69.1 Å². The summed E-state index contributed by atoms with van der Waals surface area (Å²) in [6, 6.07) is 10.4. The minimum atomic E-state index is -0.248. The van der Waals surface area contributed by atoms with Crippen molar-refractivity contribution in [2.24, 2.45) is 4.99 Å². The summed E-state index contributed by atoms with van der Waals surface area (Å²) in [6.45, 7) is 7.46. The number of carbonyl (C=O) groups is 1. The first-order valence-corrected chi connectivity index (χ1v) is 11.2. The molecule has 1 saturated heterocycles. The molecule has 7 nitrogen and oxygen atoms in total. The van der Waals surface area contributed by atoms with Gasteiger partial charge in [0.15, 0.2) is 5.82 Å². The Balaban J connectivity index is 1.53. The molecule has 1 amide bonds. The number of piperazine rings is 1. The molecule has 0 bridgehead atoms. The van der Waals surface area contributed by atoms with E-state index in [-0.39, 0.29) is 11.5 Å². The average Bonchev–Trinajstić information content (AvgIpc) is 3.23. The fraction of sp³-hybridized carbons (Fsp3) is 0.304. The van der Waals surface area contributed by atoms with Crippen molar-refractivity contribution in [3.63, 3.8) is 0 Å². The molecule has 1 N–H and O–H groups in total. The third-order valence-corrected chi connectivity index (χ3v) is 6.32. The van der Waals surface area contributed by atoms with Crippen molar-refractivity contribution in [2.45, 2.75) is 20.4 Å². The Morgan fingerprint density at radius 2 is 1.94 bits per heavy atom. The van der Waals surface area contributed by atoms with E-state index < -0.39 is 0 Å². The largest absolute Gasteiger partial charge is 0.336 e. The molecule has 1 aliphatic heterocycles. The van der Waals surface area contributed by atoms with E-state index in [2.05, 4.69) is 32.0 Å². The standard InChI is InChI=1S/C23H25N5O2S/c1-3-18(24-4-2)21-25-19-17(15-31-20(19)22(29)26-21)23(30)28-12-10-27(11-13-28)14-16-8-6-5-7-9-16/h3-9,15H,10-14H2,1-2H3,(H,25,26,29)/b18-3-,24-4?. The van der Waals surface area contributed by atoms with Crippen LogP contribution >= 0.6 is 11.3 Å². The molecule has 0 spiro atoms. The maximum atomic E-state index is 13.2. The van der Waals surface area contributed by atoms with Crippen LogP contribution in [-0.4, -0.2) is 58.1 Å². The third-order valence-electron chi connectivity index (χ3n) is 5.35. The summed E-state index contributed by atoms with van der Waals surface area (Å²) < 4.78 is 0.464. The van der Waals surface area contributed by atoms with Gasteiger partial charge in [0.1, 0.15) is 15.9 Å². The molecule has 1 fully saturated rings. The second-order valence-electron chi connectivity index (χ2n) is 7.36. The van der Waals surface area contributed by atoms with Gasteiger partial charge in [-0.05, 0) is 19.4 Å². The van der Waals surface area contributed by atoms with Gasteiger partial charge in [0.2, 0.25) is 0 Å². The van der Waals surface area contributed by atoms with Crippen LogP contribution in [0.1, 0.15) is 35.6 Å². The van der Waals surface area contributed by atoms with Gasteiger partial charge in [-0.3, -0.25) is 19.5 Å². The molecule has 0 aliphatic carbocycles. The van der Waals surface area contributed by atoms with Gasteiger partial charge >= 0.3 is 0 Å². The molecule has 3 aromatic rings. The first-order chi connectivity index (χ1) is 15.1. The van der Waals surface area contributed by atoms with Crippen LogP contribution in [0.3, 0.4) is 0 Å². The fourth-order valence-electron chi connectivity index (χ4n) is 3.73. The number of benzene rings is 1. The highest BCUT2D eigenvalue weighted by molar-refractivity contribution is 7.17. The highest BCUT2D eigenvalue weighted by Crippen LogP contribution is 2.24. The van der Waals surface area contributed by atoms with Crippen LogP contribution in [-0.2, 0) is 6.54 Å². The lowest BCUT2D eigenvalue weighted by atomic mass is 10.2. The van der Waals surface area contributed by atoms with Gasteiger partial charge in [0.25, 0.3) is 11.5 Å². The minimum Gasteiger partial charge on any atom is -0.336 e. The Morgan fingerprint density at radius 1 is 1.19 bits per heavy atom. The molecule has 0 atom stereocenters. The van der Waals surface area contributed by atoms with E-state index in [1.54, 1.807) is 24.6 Å². The summed E-state index contributed by atoms with van der Waals surface area (Å²) >= 11 is 1.25. The predicted molar refractivity (Wildman–Crippen MR) is 126 cm³/mol. The number of thiophene rings is 1. The number of hydrogen-bond acceptors (Lipinski definition) is 6. The highest BCUT2D eigenvalue weighted by Gasteiger charge is 2.25. The third kappa shape index (κ3) is 4.50. The average molecular weight is 436 g/mol. The fourth-order valence-corrected chi connectivity index (χ4v) is 4.61. The molecule has 3 heterocycles. The van der Waals surface area contributed by atoms with Crippen molar-refractivity contribution in [1.82, 2.24) is 19.8 Å². The van der Waals surface area contributed by atoms with Gasteiger partial charge in [-0.15, -0.1) is 11.3 Å². The lowest BCUT2D eigenvalue weighted by Crippen LogP contribution is -2.48. The number of nitrogens with one attached hydrogen (secondary N) is 1. The van der Waals surface area contributed by atoms with E-state index in [0.29, 0.717) is 40.4 Å².